The second kappa shape index (κ2) is 15.6. The minimum absolute atomic E-state index is 0.0169. The Bertz CT molecular complexity index is 1650. The fraction of sp³-hybridized carbons (Fsp3) is 0.258. The molecule has 0 bridgehead atoms. The van der Waals surface area contributed by atoms with Crippen LogP contribution in [0.25, 0.3) is 0 Å². The number of nitro groups is 1. The van der Waals surface area contributed by atoms with Gasteiger partial charge in [-0.3, -0.25) is 15.5 Å². The zero-order valence-electron chi connectivity index (χ0n) is 25.1. The van der Waals surface area contributed by atoms with Crippen LogP contribution in [0.1, 0.15) is 36.6 Å². The number of hydrazone groups is 1. The Morgan fingerprint density at radius 3 is 2.54 bits per heavy atom. The lowest BCUT2D eigenvalue weighted by atomic mass is 9.95. The predicted octanol–water partition coefficient (Wildman–Crippen LogP) is 4.35. The lowest BCUT2D eigenvalue weighted by Crippen LogP contribution is -2.45. The molecule has 14 nitrogen and oxygen atoms in total. The van der Waals surface area contributed by atoms with Crippen LogP contribution >= 0.6 is 11.6 Å². The molecule has 242 valence electrons. The van der Waals surface area contributed by atoms with Gasteiger partial charge in [0.25, 0.3) is 5.69 Å². The highest BCUT2D eigenvalue weighted by molar-refractivity contribution is 6.30. The molecule has 0 unspecified atom stereocenters. The van der Waals surface area contributed by atoms with Crippen molar-refractivity contribution in [1.82, 2.24) is 16.1 Å². The average molecular weight is 654 g/mol. The van der Waals surface area contributed by atoms with E-state index in [1.165, 1.54) is 25.5 Å². The van der Waals surface area contributed by atoms with E-state index in [1.54, 1.807) is 62.4 Å². The molecule has 1 heterocycles. The van der Waals surface area contributed by atoms with Crippen LogP contribution in [0.3, 0.4) is 0 Å². The highest BCUT2D eigenvalue weighted by Gasteiger charge is 2.32. The van der Waals surface area contributed by atoms with Gasteiger partial charge in [-0.05, 0) is 67.4 Å². The minimum Gasteiger partial charge on any atom is -0.490 e. The van der Waals surface area contributed by atoms with Crippen molar-refractivity contribution < 1.29 is 38.6 Å². The Labute approximate surface area is 269 Å². The molecule has 0 saturated heterocycles. The van der Waals surface area contributed by atoms with Crippen molar-refractivity contribution in [3.63, 3.8) is 0 Å². The van der Waals surface area contributed by atoms with Gasteiger partial charge in [-0.1, -0.05) is 17.7 Å². The van der Waals surface area contributed by atoms with E-state index in [0.717, 1.165) is 5.56 Å². The van der Waals surface area contributed by atoms with Crippen molar-refractivity contribution in [3.8, 4) is 17.2 Å². The van der Waals surface area contributed by atoms with E-state index in [0.29, 0.717) is 45.7 Å². The van der Waals surface area contributed by atoms with E-state index >= 15 is 0 Å². The molecule has 0 fully saturated rings. The van der Waals surface area contributed by atoms with E-state index in [-0.39, 0.29) is 24.5 Å². The Morgan fingerprint density at radius 2 is 1.85 bits per heavy atom. The van der Waals surface area contributed by atoms with Crippen LogP contribution in [-0.2, 0) is 16.1 Å². The lowest BCUT2D eigenvalue weighted by molar-refractivity contribution is -0.384. The number of non-ortho nitro benzene ring substituents is 1. The van der Waals surface area contributed by atoms with Gasteiger partial charge < -0.3 is 34.7 Å². The van der Waals surface area contributed by atoms with Gasteiger partial charge in [0.15, 0.2) is 17.7 Å². The molecule has 2 atom stereocenters. The van der Waals surface area contributed by atoms with Crippen molar-refractivity contribution in [2.75, 3.05) is 20.3 Å². The third-order valence-electron chi connectivity index (χ3n) is 6.61. The van der Waals surface area contributed by atoms with Gasteiger partial charge in [-0.15, -0.1) is 0 Å². The normalized spacial score (nSPS) is 15.1. The van der Waals surface area contributed by atoms with Crippen molar-refractivity contribution in [3.05, 3.63) is 104 Å². The van der Waals surface area contributed by atoms with Gasteiger partial charge in [0.2, 0.25) is 0 Å². The number of halogens is 1. The number of hydrogen-bond acceptors (Lipinski definition) is 11. The maximum Gasteiger partial charge on any atom is 0.337 e. The van der Waals surface area contributed by atoms with E-state index in [9.17, 15) is 24.8 Å². The predicted molar refractivity (Wildman–Crippen MR) is 168 cm³/mol. The molecule has 3 aromatic carbocycles. The monoisotopic (exact) mass is 653 g/mol. The van der Waals surface area contributed by atoms with Crippen LogP contribution in [0.2, 0.25) is 5.02 Å². The van der Waals surface area contributed by atoms with E-state index in [4.69, 9.17) is 30.5 Å². The molecule has 0 aliphatic carbocycles. The summed E-state index contributed by atoms with van der Waals surface area (Å²) < 4.78 is 22.3. The Balaban J connectivity index is 1.39. The third kappa shape index (κ3) is 8.64. The van der Waals surface area contributed by atoms with Gasteiger partial charge in [0.05, 0.1) is 36.5 Å². The maximum atomic E-state index is 12.4. The number of urea groups is 1. The highest BCUT2D eigenvalue weighted by atomic mass is 35.5. The second-order valence-corrected chi connectivity index (χ2v) is 10.2. The van der Waals surface area contributed by atoms with Gasteiger partial charge in [0, 0.05) is 28.4 Å². The van der Waals surface area contributed by atoms with Crippen LogP contribution in [0.15, 0.2) is 77.0 Å². The summed E-state index contributed by atoms with van der Waals surface area (Å²) in [5, 5.41) is 31.2. The number of ether oxygens (including phenoxy) is 4. The van der Waals surface area contributed by atoms with Crippen molar-refractivity contribution in [1.29, 1.82) is 0 Å². The Morgan fingerprint density at radius 1 is 1.11 bits per heavy atom. The molecule has 0 saturated carbocycles. The van der Waals surface area contributed by atoms with Gasteiger partial charge in [-0.2, -0.15) is 5.10 Å². The van der Waals surface area contributed by atoms with Gasteiger partial charge >= 0.3 is 12.0 Å². The number of amides is 2. The number of benzene rings is 3. The van der Waals surface area contributed by atoms with Crippen LogP contribution in [-0.4, -0.2) is 54.8 Å². The summed E-state index contributed by atoms with van der Waals surface area (Å²) in [6.07, 6.45) is 0.192. The Hall–Kier alpha value is -5.34. The van der Waals surface area contributed by atoms with Gasteiger partial charge in [0.1, 0.15) is 19.0 Å². The molecule has 4 N–H and O–H groups in total. The SMILES string of the molecule is CCOc1cc([C@H]2NC(=O)NC(C)=C2C(=O)OC)ccc1OC[C@H](O)N/N=C/c1cc(Cl)ccc1OCc1ccc([N+](=O)[O-])cc1. The standard InChI is InChI=1S/C31H32ClN5O9/c1-4-44-26-14-20(29-28(30(39)43-3)18(2)34-31(40)35-29)7-11-25(26)46-17-27(38)36-33-15-21-13-22(32)8-12-24(21)45-16-19-5-9-23(10-6-19)37(41)42/h5-15,27,29,36,38H,4,16-17H2,1-3H3,(H2,34,35,40)/b33-15+/t27-,29+/m0/s1. The first-order valence-corrected chi connectivity index (χ1v) is 14.4. The molecule has 1 aliphatic heterocycles. The van der Waals surface area contributed by atoms with Crippen molar-refractivity contribution in [2.24, 2.45) is 5.10 Å². The molecule has 46 heavy (non-hydrogen) atoms. The number of nitro benzene ring substituents is 1. The number of esters is 1. The van der Waals surface area contributed by atoms with Crippen molar-refractivity contribution in [2.45, 2.75) is 32.7 Å². The van der Waals surface area contributed by atoms with Gasteiger partial charge in [-0.25, -0.2) is 9.59 Å². The molecule has 0 aromatic heterocycles. The molecular weight excluding hydrogens is 622 g/mol. The van der Waals surface area contributed by atoms with Crippen LogP contribution in [0, 0.1) is 10.1 Å². The summed E-state index contributed by atoms with van der Waals surface area (Å²) >= 11 is 6.15. The average Bonchev–Trinajstić information content (AvgIpc) is 3.03. The van der Waals surface area contributed by atoms with Crippen LogP contribution in [0.4, 0.5) is 10.5 Å². The zero-order chi connectivity index (χ0) is 33.2. The summed E-state index contributed by atoms with van der Waals surface area (Å²) in [7, 11) is 1.26. The summed E-state index contributed by atoms with van der Waals surface area (Å²) in [6, 6.07) is 14.6. The molecule has 1 aliphatic rings. The second-order valence-electron chi connectivity index (χ2n) is 9.81. The number of hydrogen-bond donors (Lipinski definition) is 4. The fourth-order valence-electron chi connectivity index (χ4n) is 4.44. The number of aliphatic hydroxyl groups is 1. The summed E-state index contributed by atoms with van der Waals surface area (Å²) in [4.78, 5) is 35.0. The lowest BCUT2D eigenvalue weighted by Gasteiger charge is -2.28. The quantitative estimate of drug-likeness (QED) is 0.0642. The van der Waals surface area contributed by atoms with E-state index < -0.39 is 29.2 Å². The number of carbonyl (C=O) groups excluding carboxylic acids is 2. The number of methoxy groups -OCH3 is 1. The first kappa shape index (κ1) is 33.6. The number of aliphatic hydroxyl groups excluding tert-OH is 1. The number of nitrogens with zero attached hydrogens (tertiary/aromatic N) is 2. The number of carbonyl (C=O) groups is 2. The van der Waals surface area contributed by atoms with E-state index in [1.807, 2.05) is 0 Å². The zero-order valence-corrected chi connectivity index (χ0v) is 25.9. The summed E-state index contributed by atoms with van der Waals surface area (Å²) in [5.41, 5.74) is 4.97. The summed E-state index contributed by atoms with van der Waals surface area (Å²) in [6.45, 7) is 3.63. The number of rotatable bonds is 14. The van der Waals surface area contributed by atoms with Crippen LogP contribution < -0.4 is 30.3 Å². The molecule has 3 aromatic rings. The molecule has 15 heteroatoms. The highest BCUT2D eigenvalue weighted by Crippen LogP contribution is 2.35. The first-order valence-electron chi connectivity index (χ1n) is 14.0. The largest absolute Gasteiger partial charge is 0.490 e. The number of nitrogens with one attached hydrogen (secondary N) is 3. The minimum atomic E-state index is -1.23. The molecule has 2 amide bonds. The molecule has 0 radical (unpaired) electrons. The molecule has 4 rings (SSSR count). The first-order chi connectivity index (χ1) is 22.1. The molecule has 0 spiro atoms. The summed E-state index contributed by atoms with van der Waals surface area (Å²) in [5.74, 6) is 0.502. The van der Waals surface area contributed by atoms with E-state index in [2.05, 4.69) is 21.2 Å². The van der Waals surface area contributed by atoms with Crippen molar-refractivity contribution >= 4 is 35.5 Å². The maximum absolute atomic E-state index is 12.4. The fourth-order valence-corrected chi connectivity index (χ4v) is 4.62. The number of allylic oxidation sites excluding steroid dienone is 1. The van der Waals surface area contributed by atoms with Crippen LogP contribution in [0.5, 0.6) is 17.2 Å². The molecular formula is C31H32ClN5O9. The third-order valence-corrected chi connectivity index (χ3v) is 6.85. The topological polar surface area (TPSA) is 183 Å². The Kier molecular flexibility index (Phi) is 11.4. The smallest absolute Gasteiger partial charge is 0.337 e.